The second-order valence-corrected chi connectivity index (χ2v) is 5.04. The van der Waals surface area contributed by atoms with Gasteiger partial charge in [-0.25, -0.2) is 9.37 Å². The molecule has 106 valence electrons. The van der Waals surface area contributed by atoms with Crippen LogP contribution in [0.1, 0.15) is 41.8 Å². The van der Waals surface area contributed by atoms with Crippen LogP contribution in [0.15, 0.2) is 18.2 Å². The van der Waals surface area contributed by atoms with Crippen molar-refractivity contribution >= 4 is 17.5 Å². The lowest BCUT2D eigenvalue weighted by atomic mass is 10.2. The number of nitrogens with one attached hydrogen (secondary N) is 2. The molecule has 2 N–H and O–H groups in total. The summed E-state index contributed by atoms with van der Waals surface area (Å²) >= 11 is 5.67. The molecule has 0 bridgehead atoms. The number of benzene rings is 1. The third kappa shape index (κ3) is 3.33. The van der Waals surface area contributed by atoms with Crippen molar-refractivity contribution < 1.29 is 9.18 Å². The van der Waals surface area contributed by atoms with Gasteiger partial charge in [-0.05, 0) is 17.7 Å². The van der Waals surface area contributed by atoms with E-state index >= 15 is 0 Å². The second-order valence-electron chi connectivity index (χ2n) is 4.63. The zero-order chi connectivity index (χ0) is 14.7. The first-order valence-electron chi connectivity index (χ1n) is 6.12. The molecule has 0 spiro atoms. The predicted molar refractivity (Wildman–Crippen MR) is 73.1 cm³/mol. The molecule has 0 radical (unpaired) electrons. The Balaban J connectivity index is 1.99. The Kier molecular flexibility index (Phi) is 4.34. The summed E-state index contributed by atoms with van der Waals surface area (Å²) in [6, 6.07) is 4.28. The maximum Gasteiger partial charge on any atom is 0.291 e. The van der Waals surface area contributed by atoms with Crippen LogP contribution >= 0.6 is 11.6 Å². The van der Waals surface area contributed by atoms with Crippen LogP contribution in [-0.4, -0.2) is 21.1 Å². The highest BCUT2D eigenvalue weighted by atomic mass is 35.5. The van der Waals surface area contributed by atoms with Gasteiger partial charge in [0.25, 0.3) is 5.91 Å². The number of nitrogens with zero attached hydrogens (tertiary/aromatic N) is 2. The minimum Gasteiger partial charge on any atom is -0.345 e. The molecule has 0 aliphatic rings. The van der Waals surface area contributed by atoms with Crippen molar-refractivity contribution in [1.29, 1.82) is 0 Å². The van der Waals surface area contributed by atoms with E-state index in [1.165, 1.54) is 12.1 Å². The summed E-state index contributed by atoms with van der Waals surface area (Å²) in [4.78, 5) is 15.9. The van der Waals surface area contributed by atoms with E-state index in [0.717, 1.165) is 0 Å². The first kappa shape index (κ1) is 14.5. The summed E-state index contributed by atoms with van der Waals surface area (Å²) in [7, 11) is 0. The highest BCUT2D eigenvalue weighted by Crippen LogP contribution is 2.15. The van der Waals surface area contributed by atoms with Gasteiger partial charge in [0, 0.05) is 12.5 Å². The van der Waals surface area contributed by atoms with Crippen molar-refractivity contribution in [1.82, 2.24) is 20.5 Å². The Morgan fingerprint density at radius 3 is 2.85 bits per heavy atom. The van der Waals surface area contributed by atoms with E-state index in [1.54, 1.807) is 6.07 Å². The third-order valence-electron chi connectivity index (χ3n) is 2.69. The quantitative estimate of drug-likeness (QED) is 0.911. The molecule has 1 heterocycles. The molecule has 0 saturated carbocycles. The number of amides is 1. The average Bonchev–Trinajstić information content (AvgIpc) is 2.89. The number of hydrogen-bond acceptors (Lipinski definition) is 3. The molecule has 0 aliphatic heterocycles. The summed E-state index contributed by atoms with van der Waals surface area (Å²) in [5.41, 5.74) is 0.698. The Morgan fingerprint density at radius 1 is 1.50 bits per heavy atom. The molecule has 0 saturated heterocycles. The van der Waals surface area contributed by atoms with Gasteiger partial charge in [-0.2, -0.15) is 0 Å². The molecular weight excluding hydrogens is 283 g/mol. The van der Waals surface area contributed by atoms with Crippen LogP contribution in [-0.2, 0) is 6.54 Å². The highest BCUT2D eigenvalue weighted by Gasteiger charge is 2.13. The van der Waals surface area contributed by atoms with E-state index in [9.17, 15) is 9.18 Å². The van der Waals surface area contributed by atoms with Gasteiger partial charge in [0.05, 0.1) is 5.02 Å². The van der Waals surface area contributed by atoms with E-state index in [2.05, 4.69) is 20.5 Å². The standard InChI is InChI=1S/C13H14ClFN4O/c1-7(2)11-17-12(19-18-11)13(20)16-6-8-3-4-10(15)9(14)5-8/h3-5,7H,6H2,1-2H3,(H,16,20)(H,17,18,19). The molecule has 2 rings (SSSR count). The Bertz CT molecular complexity index is 627. The summed E-state index contributed by atoms with van der Waals surface area (Å²) in [6.45, 7) is 4.12. The van der Waals surface area contributed by atoms with Crippen LogP contribution in [0.4, 0.5) is 4.39 Å². The minimum absolute atomic E-state index is 0.0248. The molecule has 2 aromatic rings. The molecule has 5 nitrogen and oxygen atoms in total. The first-order valence-corrected chi connectivity index (χ1v) is 6.49. The molecule has 0 fully saturated rings. The summed E-state index contributed by atoms with van der Waals surface area (Å²) in [5.74, 6) is 0.0210. The largest absolute Gasteiger partial charge is 0.345 e. The molecule has 1 aromatic heterocycles. The normalized spacial score (nSPS) is 10.8. The van der Waals surface area contributed by atoms with Crippen molar-refractivity contribution in [2.75, 3.05) is 0 Å². The lowest BCUT2D eigenvalue weighted by molar-refractivity contribution is 0.0941. The molecule has 1 amide bonds. The number of halogens is 2. The summed E-state index contributed by atoms with van der Waals surface area (Å²) in [6.07, 6.45) is 0. The Labute approximate surface area is 120 Å². The van der Waals surface area contributed by atoms with Crippen molar-refractivity contribution in [2.24, 2.45) is 0 Å². The lowest BCUT2D eigenvalue weighted by Crippen LogP contribution is -2.24. The summed E-state index contributed by atoms with van der Waals surface area (Å²) < 4.78 is 13.0. The van der Waals surface area contributed by atoms with Crippen LogP contribution in [0.25, 0.3) is 0 Å². The summed E-state index contributed by atoms with van der Waals surface area (Å²) in [5, 5.41) is 9.23. The molecule has 20 heavy (non-hydrogen) atoms. The van der Waals surface area contributed by atoms with E-state index in [1.807, 2.05) is 13.8 Å². The number of aromatic nitrogens is 3. The molecular formula is C13H14ClFN4O. The second kappa shape index (κ2) is 6.00. The molecule has 7 heteroatoms. The number of rotatable bonds is 4. The number of carbonyl (C=O) groups excluding carboxylic acids is 1. The number of carbonyl (C=O) groups is 1. The molecule has 0 aliphatic carbocycles. The van der Waals surface area contributed by atoms with Gasteiger partial charge in [0.1, 0.15) is 11.6 Å². The molecule has 1 aromatic carbocycles. The Morgan fingerprint density at radius 2 is 2.25 bits per heavy atom. The van der Waals surface area contributed by atoms with Gasteiger partial charge in [0.2, 0.25) is 5.82 Å². The van der Waals surface area contributed by atoms with Gasteiger partial charge in [0.15, 0.2) is 0 Å². The van der Waals surface area contributed by atoms with Crippen molar-refractivity contribution in [3.63, 3.8) is 0 Å². The highest BCUT2D eigenvalue weighted by molar-refractivity contribution is 6.30. The van der Waals surface area contributed by atoms with Crippen LogP contribution in [0, 0.1) is 5.82 Å². The lowest BCUT2D eigenvalue weighted by Gasteiger charge is -2.04. The minimum atomic E-state index is -0.489. The van der Waals surface area contributed by atoms with E-state index in [-0.39, 0.29) is 23.3 Å². The van der Waals surface area contributed by atoms with Crippen molar-refractivity contribution in [2.45, 2.75) is 26.3 Å². The van der Waals surface area contributed by atoms with E-state index < -0.39 is 11.7 Å². The SMILES string of the molecule is CC(C)c1nc(C(=O)NCc2ccc(F)c(Cl)c2)n[nH]1. The van der Waals surface area contributed by atoms with Gasteiger partial charge in [-0.15, -0.1) is 5.10 Å². The average molecular weight is 297 g/mol. The zero-order valence-corrected chi connectivity index (χ0v) is 11.8. The van der Waals surface area contributed by atoms with Gasteiger partial charge < -0.3 is 5.32 Å². The fourth-order valence-electron chi connectivity index (χ4n) is 1.55. The zero-order valence-electron chi connectivity index (χ0n) is 11.1. The fraction of sp³-hybridized carbons (Fsp3) is 0.308. The Hall–Kier alpha value is -1.95. The van der Waals surface area contributed by atoms with Crippen LogP contribution < -0.4 is 5.32 Å². The predicted octanol–water partition coefficient (Wildman–Crippen LogP) is 2.65. The van der Waals surface area contributed by atoms with Crippen molar-refractivity contribution in [3.8, 4) is 0 Å². The third-order valence-corrected chi connectivity index (χ3v) is 2.98. The fourth-order valence-corrected chi connectivity index (χ4v) is 1.75. The van der Waals surface area contributed by atoms with Gasteiger partial charge >= 0.3 is 0 Å². The number of H-pyrrole nitrogens is 1. The van der Waals surface area contributed by atoms with Gasteiger partial charge in [-0.3, -0.25) is 9.89 Å². The van der Waals surface area contributed by atoms with E-state index in [4.69, 9.17) is 11.6 Å². The molecule has 0 atom stereocenters. The van der Waals surface area contributed by atoms with Crippen LogP contribution in [0.3, 0.4) is 0 Å². The van der Waals surface area contributed by atoms with E-state index in [0.29, 0.717) is 11.4 Å². The topological polar surface area (TPSA) is 70.7 Å². The number of aromatic amines is 1. The smallest absolute Gasteiger partial charge is 0.291 e. The maximum atomic E-state index is 13.0. The van der Waals surface area contributed by atoms with Crippen LogP contribution in [0.2, 0.25) is 5.02 Å². The van der Waals surface area contributed by atoms with Crippen LogP contribution in [0.5, 0.6) is 0 Å². The first-order chi connectivity index (χ1) is 9.47. The monoisotopic (exact) mass is 296 g/mol. The molecule has 0 unspecified atom stereocenters. The van der Waals surface area contributed by atoms with Crippen molar-refractivity contribution in [3.05, 3.63) is 46.3 Å². The maximum absolute atomic E-state index is 13.0. The van der Waals surface area contributed by atoms with Gasteiger partial charge in [-0.1, -0.05) is 31.5 Å². The number of hydrogen-bond donors (Lipinski definition) is 2.